The molecule has 1 saturated heterocycles. The van der Waals surface area contributed by atoms with E-state index in [2.05, 4.69) is 0 Å². The van der Waals surface area contributed by atoms with Gasteiger partial charge in [-0.2, -0.15) is 4.31 Å². The third-order valence-corrected chi connectivity index (χ3v) is 5.61. The summed E-state index contributed by atoms with van der Waals surface area (Å²) < 4.78 is 26.3. The molecule has 0 unspecified atom stereocenters. The molecule has 0 spiro atoms. The summed E-state index contributed by atoms with van der Waals surface area (Å²) in [5.74, 6) is -0.234. The zero-order chi connectivity index (χ0) is 14.9. The SMILES string of the molecule is CC(C)c1ccc(S(=O)(=O)N2CCC[C@H]2C(N)=O)cc1. The van der Waals surface area contributed by atoms with E-state index in [0.29, 0.717) is 25.3 Å². The molecule has 20 heavy (non-hydrogen) atoms. The molecule has 5 nitrogen and oxygen atoms in total. The van der Waals surface area contributed by atoms with Gasteiger partial charge in [-0.05, 0) is 36.5 Å². The maximum Gasteiger partial charge on any atom is 0.243 e. The predicted octanol–water partition coefficient (Wildman–Crippen LogP) is 1.45. The van der Waals surface area contributed by atoms with E-state index < -0.39 is 22.0 Å². The Morgan fingerprint density at radius 2 is 1.90 bits per heavy atom. The summed E-state index contributed by atoms with van der Waals surface area (Å²) in [6.07, 6.45) is 1.16. The molecule has 6 heteroatoms. The Labute approximate surface area is 119 Å². The van der Waals surface area contributed by atoms with Gasteiger partial charge in [0.05, 0.1) is 4.90 Å². The fourth-order valence-electron chi connectivity index (χ4n) is 2.47. The van der Waals surface area contributed by atoms with E-state index in [1.165, 1.54) is 4.31 Å². The maximum absolute atomic E-state index is 12.5. The van der Waals surface area contributed by atoms with Crippen molar-refractivity contribution in [3.8, 4) is 0 Å². The first-order valence-electron chi connectivity index (χ1n) is 6.75. The van der Waals surface area contributed by atoms with Gasteiger partial charge in [-0.15, -0.1) is 0 Å². The van der Waals surface area contributed by atoms with Crippen LogP contribution in [0.1, 0.15) is 38.2 Å². The number of benzene rings is 1. The van der Waals surface area contributed by atoms with Gasteiger partial charge >= 0.3 is 0 Å². The molecule has 1 aliphatic rings. The van der Waals surface area contributed by atoms with Gasteiger partial charge in [0.25, 0.3) is 0 Å². The Kier molecular flexibility index (Phi) is 4.15. The predicted molar refractivity (Wildman–Crippen MR) is 76.6 cm³/mol. The fourth-order valence-corrected chi connectivity index (χ4v) is 4.14. The number of sulfonamides is 1. The van der Waals surface area contributed by atoms with Crippen molar-refractivity contribution in [2.45, 2.75) is 43.5 Å². The highest BCUT2D eigenvalue weighted by molar-refractivity contribution is 7.89. The Hall–Kier alpha value is -1.40. The summed E-state index contributed by atoms with van der Waals surface area (Å²) >= 11 is 0. The standard InChI is InChI=1S/C14H20N2O3S/c1-10(2)11-5-7-12(8-6-11)20(18,19)16-9-3-4-13(16)14(15)17/h5-8,10,13H,3-4,9H2,1-2H3,(H2,15,17)/t13-/m0/s1. The largest absolute Gasteiger partial charge is 0.368 e. The molecule has 2 N–H and O–H groups in total. The van der Waals surface area contributed by atoms with Crippen molar-refractivity contribution in [2.75, 3.05) is 6.54 Å². The number of rotatable bonds is 4. The van der Waals surface area contributed by atoms with E-state index in [4.69, 9.17) is 5.73 Å². The van der Waals surface area contributed by atoms with Crippen molar-refractivity contribution in [2.24, 2.45) is 5.73 Å². The minimum absolute atomic E-state index is 0.218. The highest BCUT2D eigenvalue weighted by Crippen LogP contribution is 2.26. The van der Waals surface area contributed by atoms with Crippen molar-refractivity contribution in [3.05, 3.63) is 29.8 Å². The van der Waals surface area contributed by atoms with Gasteiger partial charge in [0, 0.05) is 6.54 Å². The number of nitrogens with two attached hydrogens (primary N) is 1. The van der Waals surface area contributed by atoms with Crippen molar-refractivity contribution in [3.63, 3.8) is 0 Å². The number of hydrogen-bond donors (Lipinski definition) is 1. The molecular formula is C14H20N2O3S. The molecule has 1 heterocycles. The van der Waals surface area contributed by atoms with Crippen LogP contribution in [0.15, 0.2) is 29.2 Å². The van der Waals surface area contributed by atoms with Crippen LogP contribution in [0.2, 0.25) is 0 Å². The molecule has 0 aliphatic carbocycles. The molecule has 1 aromatic rings. The first-order valence-corrected chi connectivity index (χ1v) is 8.19. The molecular weight excluding hydrogens is 276 g/mol. The quantitative estimate of drug-likeness (QED) is 0.913. The van der Waals surface area contributed by atoms with Gasteiger partial charge < -0.3 is 5.73 Å². The van der Waals surface area contributed by atoms with Gasteiger partial charge in [0.2, 0.25) is 15.9 Å². The Morgan fingerprint density at radius 3 is 2.40 bits per heavy atom. The minimum atomic E-state index is -3.64. The molecule has 0 saturated carbocycles. The molecule has 0 radical (unpaired) electrons. The topological polar surface area (TPSA) is 80.5 Å². The second-order valence-electron chi connectivity index (χ2n) is 5.40. The second kappa shape index (κ2) is 5.54. The van der Waals surface area contributed by atoms with E-state index in [1.807, 2.05) is 26.0 Å². The summed E-state index contributed by atoms with van der Waals surface area (Å²) in [5, 5.41) is 0. The van der Waals surface area contributed by atoms with Gasteiger partial charge in [0.1, 0.15) is 6.04 Å². The summed E-state index contributed by atoms with van der Waals surface area (Å²) in [6.45, 7) is 4.45. The number of nitrogens with zero attached hydrogens (tertiary/aromatic N) is 1. The van der Waals surface area contributed by atoms with Crippen LogP contribution in [-0.2, 0) is 14.8 Å². The summed E-state index contributed by atoms with van der Waals surface area (Å²) in [7, 11) is -3.64. The second-order valence-corrected chi connectivity index (χ2v) is 7.29. The van der Waals surface area contributed by atoms with Crippen LogP contribution in [0.5, 0.6) is 0 Å². The Morgan fingerprint density at radius 1 is 1.30 bits per heavy atom. The number of carbonyl (C=O) groups excluding carboxylic acids is 1. The third-order valence-electron chi connectivity index (χ3n) is 3.69. The molecule has 2 rings (SSSR count). The molecule has 1 aliphatic heterocycles. The molecule has 1 amide bonds. The lowest BCUT2D eigenvalue weighted by molar-refractivity contribution is -0.121. The van der Waals surface area contributed by atoms with E-state index in [-0.39, 0.29) is 4.90 Å². The normalized spacial score (nSPS) is 20.4. The van der Waals surface area contributed by atoms with Crippen molar-refractivity contribution in [1.82, 2.24) is 4.31 Å². The van der Waals surface area contributed by atoms with Gasteiger partial charge in [-0.1, -0.05) is 26.0 Å². The van der Waals surface area contributed by atoms with E-state index in [0.717, 1.165) is 5.56 Å². The molecule has 0 bridgehead atoms. The first kappa shape index (κ1) is 15.0. The summed E-state index contributed by atoms with van der Waals surface area (Å²) in [4.78, 5) is 11.6. The smallest absolute Gasteiger partial charge is 0.243 e. The Bertz CT molecular complexity index is 593. The number of hydrogen-bond acceptors (Lipinski definition) is 3. The van der Waals surface area contributed by atoms with Crippen molar-refractivity contribution >= 4 is 15.9 Å². The average molecular weight is 296 g/mol. The highest BCUT2D eigenvalue weighted by Gasteiger charge is 2.38. The molecule has 1 fully saturated rings. The van der Waals surface area contributed by atoms with E-state index >= 15 is 0 Å². The van der Waals surface area contributed by atoms with Crippen LogP contribution in [-0.4, -0.2) is 31.2 Å². The number of amides is 1. The zero-order valence-electron chi connectivity index (χ0n) is 11.7. The minimum Gasteiger partial charge on any atom is -0.368 e. The molecule has 1 aromatic carbocycles. The monoisotopic (exact) mass is 296 g/mol. The summed E-state index contributed by atoms with van der Waals surface area (Å²) in [6, 6.07) is 6.10. The van der Waals surface area contributed by atoms with Gasteiger partial charge in [0.15, 0.2) is 0 Å². The molecule has 110 valence electrons. The van der Waals surface area contributed by atoms with Crippen LogP contribution in [0.3, 0.4) is 0 Å². The van der Waals surface area contributed by atoms with Crippen LogP contribution in [0.25, 0.3) is 0 Å². The third kappa shape index (κ3) is 2.71. The Balaban J connectivity index is 2.32. The maximum atomic E-state index is 12.5. The van der Waals surface area contributed by atoms with Crippen LogP contribution >= 0.6 is 0 Å². The lowest BCUT2D eigenvalue weighted by Crippen LogP contribution is -2.43. The molecule has 0 aromatic heterocycles. The van der Waals surface area contributed by atoms with Crippen LogP contribution in [0.4, 0.5) is 0 Å². The zero-order valence-corrected chi connectivity index (χ0v) is 12.6. The van der Waals surface area contributed by atoms with Crippen LogP contribution in [0, 0.1) is 0 Å². The number of carbonyl (C=O) groups is 1. The first-order chi connectivity index (χ1) is 9.34. The van der Waals surface area contributed by atoms with Crippen molar-refractivity contribution in [1.29, 1.82) is 0 Å². The van der Waals surface area contributed by atoms with E-state index in [1.54, 1.807) is 12.1 Å². The van der Waals surface area contributed by atoms with E-state index in [9.17, 15) is 13.2 Å². The highest BCUT2D eigenvalue weighted by atomic mass is 32.2. The lowest BCUT2D eigenvalue weighted by atomic mass is 10.0. The molecule has 1 atom stereocenters. The average Bonchev–Trinajstić information content (AvgIpc) is 2.89. The lowest BCUT2D eigenvalue weighted by Gasteiger charge is -2.21. The fraction of sp³-hybridized carbons (Fsp3) is 0.500. The summed E-state index contributed by atoms with van der Waals surface area (Å²) in [5.41, 5.74) is 6.36. The van der Waals surface area contributed by atoms with Crippen molar-refractivity contribution < 1.29 is 13.2 Å². The van der Waals surface area contributed by atoms with Crippen LogP contribution < -0.4 is 5.73 Å². The number of primary amides is 1. The van der Waals surface area contributed by atoms with Gasteiger partial charge in [-0.3, -0.25) is 4.79 Å². The van der Waals surface area contributed by atoms with Gasteiger partial charge in [-0.25, -0.2) is 8.42 Å².